The number of aliphatic carboxylic acids is 1. The van der Waals surface area contributed by atoms with E-state index in [0.717, 1.165) is 38.8 Å². The number of benzene rings is 2. The van der Waals surface area contributed by atoms with E-state index in [-0.39, 0.29) is 24.9 Å². The molecule has 46 heavy (non-hydrogen) atoms. The standard InChI is InChI=1S/C29H26Cl3N3O8S3/c30-29(31,32)15-43-27(40)24(19(12-22(37)38)42-13-16-10-11-16)35-25(39)23(34-21(36)14-41-17-6-2-1-3-7-17)26(35)45-46-28-33-18-8-4-5-9-20(18)44-28/h1-9,16,23,26H,10-15H2,(H,34,36)(H,37,38)/b24-19-. The molecule has 0 radical (unpaired) electrons. The van der Waals surface area contributed by atoms with Crippen molar-refractivity contribution in [3.8, 4) is 5.75 Å². The smallest absolute Gasteiger partial charge is 0.358 e. The van der Waals surface area contributed by atoms with Crippen molar-refractivity contribution in [1.29, 1.82) is 0 Å². The van der Waals surface area contributed by atoms with Gasteiger partial charge in [-0.3, -0.25) is 19.3 Å². The molecule has 1 saturated heterocycles. The van der Waals surface area contributed by atoms with Gasteiger partial charge < -0.3 is 24.6 Å². The number of esters is 1. The molecule has 0 bridgehead atoms. The van der Waals surface area contributed by atoms with E-state index in [1.54, 1.807) is 30.3 Å². The van der Waals surface area contributed by atoms with Gasteiger partial charge in [-0.1, -0.05) is 75.9 Å². The maximum atomic E-state index is 13.7. The van der Waals surface area contributed by atoms with Gasteiger partial charge in [0.25, 0.3) is 11.8 Å². The van der Waals surface area contributed by atoms with Gasteiger partial charge in [-0.2, -0.15) is 0 Å². The molecule has 1 aromatic heterocycles. The molecule has 1 aliphatic heterocycles. The zero-order chi connectivity index (χ0) is 32.8. The molecule has 5 rings (SSSR count). The minimum atomic E-state index is -1.98. The highest BCUT2D eigenvalue weighted by molar-refractivity contribution is 8.77. The molecule has 2 atom stereocenters. The topological polar surface area (TPSA) is 144 Å². The van der Waals surface area contributed by atoms with Crippen molar-refractivity contribution >= 4 is 102 Å². The van der Waals surface area contributed by atoms with Crippen LogP contribution in [0.3, 0.4) is 0 Å². The first kappa shape index (κ1) is 34.5. The number of fused-ring (bicyclic) bond motifs is 1. The molecule has 2 heterocycles. The monoisotopic (exact) mass is 745 g/mol. The largest absolute Gasteiger partial charge is 0.495 e. The van der Waals surface area contributed by atoms with E-state index in [9.17, 15) is 24.3 Å². The summed E-state index contributed by atoms with van der Waals surface area (Å²) in [5.41, 5.74) is 0.337. The third-order valence-corrected chi connectivity index (χ3v) is 10.9. The normalized spacial score (nSPS) is 18.4. The summed E-state index contributed by atoms with van der Waals surface area (Å²) >= 11 is 18.8. The Kier molecular flexibility index (Phi) is 11.5. The third-order valence-electron chi connectivity index (χ3n) is 6.53. The van der Waals surface area contributed by atoms with Crippen LogP contribution in [0.4, 0.5) is 0 Å². The van der Waals surface area contributed by atoms with Crippen LogP contribution in [0.2, 0.25) is 0 Å². The molecule has 2 aliphatic rings. The lowest BCUT2D eigenvalue weighted by molar-refractivity contribution is -0.153. The summed E-state index contributed by atoms with van der Waals surface area (Å²) in [6, 6.07) is 15.1. The van der Waals surface area contributed by atoms with Gasteiger partial charge in [0.1, 0.15) is 36.0 Å². The molecule has 17 heteroatoms. The van der Waals surface area contributed by atoms with Crippen LogP contribution in [-0.4, -0.2) is 73.8 Å². The van der Waals surface area contributed by atoms with Crippen molar-refractivity contribution < 1.29 is 38.5 Å². The quantitative estimate of drug-likeness (QED) is 0.0487. The number of para-hydroxylation sites is 2. The van der Waals surface area contributed by atoms with Crippen LogP contribution in [0.1, 0.15) is 19.3 Å². The van der Waals surface area contributed by atoms with Gasteiger partial charge in [0.15, 0.2) is 16.6 Å². The van der Waals surface area contributed by atoms with Crippen molar-refractivity contribution in [2.45, 2.75) is 38.8 Å². The minimum absolute atomic E-state index is 0.140. The van der Waals surface area contributed by atoms with E-state index >= 15 is 0 Å². The number of amides is 2. The number of carbonyl (C=O) groups excluding carboxylic acids is 3. The Labute approximate surface area is 290 Å². The fourth-order valence-electron chi connectivity index (χ4n) is 4.20. The van der Waals surface area contributed by atoms with Crippen LogP contribution in [0.25, 0.3) is 10.2 Å². The van der Waals surface area contributed by atoms with Gasteiger partial charge in [-0.15, -0.1) is 11.3 Å². The number of halogens is 3. The lowest BCUT2D eigenvalue weighted by atomic mass is 10.0. The maximum Gasteiger partial charge on any atom is 0.358 e. The number of β-lactam (4-membered cyclic amide) rings is 1. The first-order valence-corrected chi connectivity index (χ1v) is 18.0. The molecule has 244 valence electrons. The fourth-order valence-corrected chi connectivity index (χ4v) is 8.28. The summed E-state index contributed by atoms with van der Waals surface area (Å²) in [6.07, 6.45) is 1.04. The number of hydrogen-bond acceptors (Lipinski definition) is 11. The van der Waals surface area contributed by atoms with Crippen molar-refractivity contribution in [2.75, 3.05) is 19.8 Å². The number of carboxylic acid groups (broad SMARTS) is 1. The summed E-state index contributed by atoms with van der Waals surface area (Å²) in [6.45, 7) is -0.916. The van der Waals surface area contributed by atoms with Gasteiger partial charge in [0, 0.05) is 0 Å². The second-order valence-corrected chi connectivity index (χ2v) is 16.3. The number of alkyl halides is 3. The number of hydrogen-bond donors (Lipinski definition) is 2. The van der Waals surface area contributed by atoms with Crippen molar-refractivity contribution in [2.24, 2.45) is 5.92 Å². The van der Waals surface area contributed by atoms with E-state index in [1.807, 2.05) is 24.3 Å². The molecule has 11 nitrogen and oxygen atoms in total. The van der Waals surface area contributed by atoms with Gasteiger partial charge >= 0.3 is 11.9 Å². The highest BCUT2D eigenvalue weighted by atomic mass is 35.6. The molecule has 0 spiro atoms. The molecular formula is C29H26Cl3N3O8S3. The number of rotatable bonds is 15. The number of carbonyl (C=O) groups is 4. The summed E-state index contributed by atoms with van der Waals surface area (Å²) in [5, 5.41) is 11.4. The number of thiazole rings is 1. The average molecular weight is 747 g/mol. The second-order valence-electron chi connectivity index (χ2n) is 10.2. The Hall–Kier alpha value is -2.88. The number of likely N-dealkylation sites (tertiary alicyclic amines) is 1. The zero-order valence-corrected chi connectivity index (χ0v) is 28.4. The number of nitrogens with zero attached hydrogens (tertiary/aromatic N) is 2. The SMILES string of the molecule is O=C(O)C/C(OCC1CC1)=C(\C(=O)OCC(Cl)(Cl)Cl)N1C(=O)C(NC(=O)COc2ccccc2)C1SSc1nc2ccccc2s1. The van der Waals surface area contributed by atoms with Crippen molar-refractivity contribution in [3.63, 3.8) is 0 Å². The van der Waals surface area contributed by atoms with E-state index in [0.29, 0.717) is 10.1 Å². The Morgan fingerprint density at radius 3 is 2.46 bits per heavy atom. The Morgan fingerprint density at radius 2 is 1.78 bits per heavy atom. The fraction of sp³-hybridized carbons (Fsp3) is 0.345. The number of carboxylic acids is 1. The highest BCUT2D eigenvalue weighted by Crippen LogP contribution is 2.46. The first-order valence-electron chi connectivity index (χ1n) is 13.8. The summed E-state index contributed by atoms with van der Waals surface area (Å²) in [7, 11) is 2.37. The van der Waals surface area contributed by atoms with Gasteiger partial charge in [-0.25, -0.2) is 9.78 Å². The molecule has 2 N–H and O–H groups in total. The Morgan fingerprint density at radius 1 is 1.07 bits per heavy atom. The van der Waals surface area contributed by atoms with E-state index < -0.39 is 57.7 Å². The highest BCUT2D eigenvalue weighted by Gasteiger charge is 2.54. The molecule has 2 fully saturated rings. The molecule has 1 aliphatic carbocycles. The Balaban J connectivity index is 1.43. The van der Waals surface area contributed by atoms with Crippen LogP contribution in [-0.2, 0) is 28.7 Å². The Bertz CT molecular complexity index is 1600. The minimum Gasteiger partial charge on any atom is -0.495 e. The molecule has 2 aromatic carbocycles. The van der Waals surface area contributed by atoms with Crippen molar-refractivity contribution in [1.82, 2.24) is 15.2 Å². The summed E-state index contributed by atoms with van der Waals surface area (Å²) in [4.78, 5) is 57.7. The zero-order valence-electron chi connectivity index (χ0n) is 23.7. The third kappa shape index (κ3) is 9.35. The van der Waals surface area contributed by atoms with Crippen molar-refractivity contribution in [3.05, 3.63) is 66.1 Å². The summed E-state index contributed by atoms with van der Waals surface area (Å²) in [5.74, 6) is -3.35. The lowest BCUT2D eigenvalue weighted by Crippen LogP contribution is -2.69. The van der Waals surface area contributed by atoms with Gasteiger partial charge in [0.05, 0.1) is 16.8 Å². The molecule has 1 saturated carbocycles. The molecular weight excluding hydrogens is 721 g/mol. The predicted octanol–water partition coefficient (Wildman–Crippen LogP) is 5.80. The number of ether oxygens (including phenoxy) is 3. The maximum absolute atomic E-state index is 13.7. The molecule has 2 unspecified atom stereocenters. The van der Waals surface area contributed by atoms with E-state index in [4.69, 9.17) is 49.0 Å². The predicted molar refractivity (Wildman–Crippen MR) is 177 cm³/mol. The average Bonchev–Trinajstić information content (AvgIpc) is 3.76. The van der Waals surface area contributed by atoms with E-state index in [2.05, 4.69) is 10.3 Å². The van der Waals surface area contributed by atoms with E-state index in [1.165, 1.54) is 22.1 Å². The molecule has 2 amide bonds. The van der Waals surface area contributed by atoms with Crippen LogP contribution in [0.5, 0.6) is 5.75 Å². The second kappa shape index (κ2) is 15.3. The van der Waals surface area contributed by atoms with Crippen LogP contribution in [0, 0.1) is 5.92 Å². The number of aromatic nitrogens is 1. The lowest BCUT2D eigenvalue weighted by Gasteiger charge is -2.46. The van der Waals surface area contributed by atoms with Crippen LogP contribution >= 0.6 is 67.7 Å². The first-order chi connectivity index (χ1) is 22.0. The van der Waals surface area contributed by atoms with Gasteiger partial charge in [-0.05, 0) is 53.8 Å². The van der Waals surface area contributed by atoms with Crippen LogP contribution < -0.4 is 10.1 Å². The van der Waals surface area contributed by atoms with Crippen LogP contribution in [0.15, 0.2) is 70.4 Å². The molecule has 3 aromatic rings. The number of nitrogens with one attached hydrogen (secondary N) is 1. The summed E-state index contributed by atoms with van der Waals surface area (Å²) < 4.78 is 16.2. The van der Waals surface area contributed by atoms with Gasteiger partial charge in [0.2, 0.25) is 3.79 Å².